The molecule has 1 aliphatic heterocycles. The second-order valence-electron chi connectivity index (χ2n) is 8.92. The van der Waals surface area contributed by atoms with Crippen molar-refractivity contribution in [2.24, 2.45) is 0 Å². The van der Waals surface area contributed by atoms with E-state index in [0.29, 0.717) is 10.7 Å². The number of aromatic nitrogens is 1. The highest BCUT2D eigenvalue weighted by molar-refractivity contribution is 8.18. The number of hydrogen-bond donors (Lipinski definition) is 1. The smallest absolute Gasteiger partial charge is 0.293 e. The van der Waals surface area contributed by atoms with Gasteiger partial charge in [0.1, 0.15) is 18.9 Å². The van der Waals surface area contributed by atoms with E-state index in [-0.39, 0.29) is 42.8 Å². The summed E-state index contributed by atoms with van der Waals surface area (Å²) >= 11 is 0.915. The molecule has 1 aromatic heterocycles. The number of nitrogens with one attached hydrogen (secondary N) is 1. The summed E-state index contributed by atoms with van der Waals surface area (Å²) < 4.78 is 7.52. The normalized spacial score (nSPS) is 15.3. The average Bonchev–Trinajstić information content (AvgIpc) is 3.41. The van der Waals surface area contributed by atoms with Crippen LogP contribution in [0.1, 0.15) is 24.1 Å². The van der Waals surface area contributed by atoms with Crippen molar-refractivity contribution in [1.29, 1.82) is 0 Å². The highest BCUT2D eigenvalue weighted by Crippen LogP contribution is 2.34. The summed E-state index contributed by atoms with van der Waals surface area (Å²) in [5, 5.41) is 3.62. The summed E-state index contributed by atoms with van der Waals surface area (Å²) in [4.78, 5) is 40.0. The fraction of sp³-hybridized carbons (Fsp3) is 0.167. The minimum absolute atomic E-state index is 0.118. The van der Waals surface area contributed by atoms with Crippen LogP contribution in [0.4, 0.5) is 4.79 Å². The number of amides is 3. The number of imide groups is 1. The molecular weight excluding hydrogens is 498 g/mol. The quantitative estimate of drug-likeness (QED) is 0.286. The lowest BCUT2D eigenvalue weighted by Gasteiger charge is -2.15. The Morgan fingerprint density at radius 1 is 0.974 bits per heavy atom. The lowest BCUT2D eigenvalue weighted by molar-refractivity contribution is -0.123. The Bertz CT molecular complexity index is 1500. The average molecular weight is 526 g/mol. The van der Waals surface area contributed by atoms with E-state index in [1.165, 1.54) is 4.90 Å². The third kappa shape index (κ3) is 5.65. The maximum absolute atomic E-state index is 13.0. The predicted octanol–water partition coefficient (Wildman–Crippen LogP) is 5.63. The van der Waals surface area contributed by atoms with E-state index in [2.05, 4.69) is 5.32 Å². The first-order chi connectivity index (χ1) is 18.5. The first kappa shape index (κ1) is 25.4. The number of thioether (sulfide) groups is 1. The van der Waals surface area contributed by atoms with Crippen LogP contribution in [0.2, 0.25) is 0 Å². The van der Waals surface area contributed by atoms with Gasteiger partial charge >= 0.3 is 0 Å². The van der Waals surface area contributed by atoms with Gasteiger partial charge in [0.15, 0.2) is 0 Å². The molecule has 1 saturated heterocycles. The Morgan fingerprint density at radius 3 is 2.42 bits per heavy atom. The summed E-state index contributed by atoms with van der Waals surface area (Å²) in [5.74, 6) is 0.223. The first-order valence-corrected chi connectivity index (χ1v) is 13.2. The van der Waals surface area contributed by atoms with E-state index in [0.717, 1.165) is 33.8 Å². The number of carbonyl (C=O) groups excluding carboxylic acids is 3. The number of nitrogens with zero attached hydrogens (tertiary/aromatic N) is 2. The fourth-order valence-electron chi connectivity index (χ4n) is 4.39. The minimum Gasteiger partial charge on any atom is -0.492 e. The molecule has 1 unspecified atom stereocenters. The van der Waals surface area contributed by atoms with Crippen molar-refractivity contribution in [1.82, 2.24) is 14.8 Å². The van der Waals surface area contributed by atoms with E-state index < -0.39 is 0 Å². The Kier molecular flexibility index (Phi) is 7.60. The molecule has 7 nitrogen and oxygen atoms in total. The number of fused-ring (bicyclic) bond motifs is 1. The summed E-state index contributed by atoms with van der Waals surface area (Å²) in [6, 6.07) is 26.6. The van der Waals surface area contributed by atoms with Gasteiger partial charge in [-0.15, -0.1) is 0 Å². The van der Waals surface area contributed by atoms with Gasteiger partial charge < -0.3 is 14.6 Å². The largest absolute Gasteiger partial charge is 0.492 e. The molecular formula is C30H27N3O4S. The molecule has 8 heteroatoms. The van der Waals surface area contributed by atoms with Crippen LogP contribution in [-0.4, -0.2) is 39.7 Å². The van der Waals surface area contributed by atoms with Gasteiger partial charge in [0.2, 0.25) is 5.91 Å². The number of hydrogen-bond acceptors (Lipinski definition) is 5. The Morgan fingerprint density at radius 2 is 1.66 bits per heavy atom. The third-order valence-corrected chi connectivity index (χ3v) is 7.20. The van der Waals surface area contributed by atoms with Gasteiger partial charge in [0.05, 0.1) is 17.5 Å². The van der Waals surface area contributed by atoms with E-state index in [9.17, 15) is 14.4 Å². The van der Waals surface area contributed by atoms with Gasteiger partial charge in [0.25, 0.3) is 11.1 Å². The van der Waals surface area contributed by atoms with Gasteiger partial charge in [-0.25, -0.2) is 0 Å². The molecule has 0 saturated carbocycles. The van der Waals surface area contributed by atoms with Crippen molar-refractivity contribution < 1.29 is 19.1 Å². The molecule has 4 aromatic rings. The highest BCUT2D eigenvalue weighted by atomic mass is 32.2. The highest BCUT2D eigenvalue weighted by Gasteiger charge is 2.35. The fourth-order valence-corrected chi connectivity index (χ4v) is 5.25. The minimum atomic E-state index is -0.345. The van der Waals surface area contributed by atoms with Crippen LogP contribution in [-0.2, 0) is 16.1 Å². The number of benzene rings is 3. The number of rotatable bonds is 9. The molecule has 1 aliphatic rings. The zero-order chi connectivity index (χ0) is 26.5. The molecule has 38 heavy (non-hydrogen) atoms. The van der Waals surface area contributed by atoms with Gasteiger partial charge in [-0.2, -0.15) is 0 Å². The van der Waals surface area contributed by atoms with E-state index in [4.69, 9.17) is 4.74 Å². The zero-order valence-electron chi connectivity index (χ0n) is 20.9. The molecule has 3 aromatic carbocycles. The molecule has 0 bridgehead atoms. The van der Waals surface area contributed by atoms with Crippen LogP contribution < -0.4 is 10.1 Å². The predicted molar refractivity (Wildman–Crippen MR) is 150 cm³/mol. The molecule has 5 rings (SSSR count). The van der Waals surface area contributed by atoms with E-state index in [1.54, 1.807) is 6.08 Å². The third-order valence-electron chi connectivity index (χ3n) is 6.30. The molecule has 192 valence electrons. The Labute approximate surface area is 225 Å². The molecule has 1 fully saturated rings. The molecule has 0 spiro atoms. The van der Waals surface area contributed by atoms with Gasteiger partial charge in [-0.05, 0) is 48.5 Å². The molecule has 3 amide bonds. The van der Waals surface area contributed by atoms with Crippen molar-refractivity contribution >= 4 is 45.8 Å². The Balaban J connectivity index is 1.30. The maximum atomic E-state index is 13.0. The van der Waals surface area contributed by atoms with Crippen molar-refractivity contribution in [3.05, 3.63) is 107 Å². The van der Waals surface area contributed by atoms with Gasteiger partial charge in [0, 0.05) is 22.7 Å². The second-order valence-corrected chi connectivity index (χ2v) is 9.92. The van der Waals surface area contributed by atoms with E-state index in [1.807, 2.05) is 103 Å². The SMILES string of the molecule is CC(NC(=O)Cn1cc(/C=C2\SC(=O)N(CCOc3ccccc3)C2=O)c2ccccc21)c1ccccc1. The number of ether oxygens (including phenoxy) is 1. The maximum Gasteiger partial charge on any atom is 0.293 e. The summed E-state index contributed by atoms with van der Waals surface area (Å²) in [5.41, 5.74) is 2.68. The summed E-state index contributed by atoms with van der Waals surface area (Å²) in [6.45, 7) is 2.46. The molecule has 0 radical (unpaired) electrons. The van der Waals surface area contributed by atoms with Crippen LogP contribution in [0.15, 0.2) is 96.0 Å². The summed E-state index contributed by atoms with van der Waals surface area (Å²) in [7, 11) is 0. The Hall–Kier alpha value is -4.30. The first-order valence-electron chi connectivity index (χ1n) is 12.3. The van der Waals surface area contributed by atoms with Crippen LogP contribution in [0.3, 0.4) is 0 Å². The van der Waals surface area contributed by atoms with Crippen LogP contribution in [0, 0.1) is 0 Å². The molecule has 1 atom stereocenters. The van der Waals surface area contributed by atoms with Crippen molar-refractivity contribution in [2.75, 3.05) is 13.2 Å². The lowest BCUT2D eigenvalue weighted by Crippen LogP contribution is -2.32. The summed E-state index contributed by atoms with van der Waals surface area (Å²) in [6.07, 6.45) is 3.58. The van der Waals surface area contributed by atoms with Crippen LogP contribution in [0.25, 0.3) is 17.0 Å². The van der Waals surface area contributed by atoms with Crippen molar-refractivity contribution in [2.45, 2.75) is 19.5 Å². The zero-order valence-corrected chi connectivity index (χ0v) is 21.7. The van der Waals surface area contributed by atoms with Crippen LogP contribution in [0.5, 0.6) is 5.75 Å². The molecule has 2 heterocycles. The molecule has 1 N–H and O–H groups in total. The number of carbonyl (C=O) groups is 3. The second kappa shape index (κ2) is 11.4. The standard InChI is InChI=1S/C30H27N3O4S/c1-21(22-10-4-2-5-11-22)31-28(34)20-32-19-23(25-14-8-9-15-26(25)32)18-27-29(35)33(30(36)38-27)16-17-37-24-12-6-3-7-13-24/h2-15,18-19,21H,16-17,20H2,1H3,(H,31,34)/b27-18-. The lowest BCUT2D eigenvalue weighted by atomic mass is 10.1. The van der Waals surface area contributed by atoms with Gasteiger partial charge in [-0.3, -0.25) is 19.3 Å². The molecule has 0 aliphatic carbocycles. The van der Waals surface area contributed by atoms with Crippen LogP contribution >= 0.6 is 11.8 Å². The van der Waals surface area contributed by atoms with Crippen molar-refractivity contribution in [3.8, 4) is 5.75 Å². The topological polar surface area (TPSA) is 80.6 Å². The number of para-hydroxylation sites is 2. The van der Waals surface area contributed by atoms with Gasteiger partial charge in [-0.1, -0.05) is 66.7 Å². The van der Waals surface area contributed by atoms with Crippen molar-refractivity contribution in [3.63, 3.8) is 0 Å². The van der Waals surface area contributed by atoms with E-state index >= 15 is 0 Å². The monoisotopic (exact) mass is 525 g/mol.